The van der Waals surface area contributed by atoms with Crippen LogP contribution in [0.2, 0.25) is 5.02 Å². The Kier molecular flexibility index (Phi) is 5.97. The van der Waals surface area contributed by atoms with Gasteiger partial charge < -0.3 is 5.32 Å². The lowest BCUT2D eigenvalue weighted by Crippen LogP contribution is -2.37. The normalized spacial score (nSPS) is 11.6. The number of carbonyl (C=O) groups is 1. The first-order valence-corrected chi connectivity index (χ1v) is 11.5. The third-order valence-electron chi connectivity index (χ3n) is 4.15. The van der Waals surface area contributed by atoms with Gasteiger partial charge in [0.2, 0.25) is 15.9 Å². The van der Waals surface area contributed by atoms with E-state index in [1.807, 2.05) is 6.92 Å². The molecular weight excluding hydrogens is 441 g/mol. The van der Waals surface area contributed by atoms with Gasteiger partial charge in [-0.3, -0.25) is 18.5 Å². The molecule has 7 nitrogen and oxygen atoms in total. The van der Waals surface area contributed by atoms with E-state index in [0.29, 0.717) is 16.9 Å². The summed E-state index contributed by atoms with van der Waals surface area (Å²) in [4.78, 5) is 24.3. The number of amides is 1. The summed E-state index contributed by atoms with van der Waals surface area (Å²) in [6, 6.07) is 8.42. The molecule has 0 saturated heterocycles. The molecule has 1 heterocycles. The second-order valence-corrected chi connectivity index (χ2v) is 9.52. The van der Waals surface area contributed by atoms with Crippen molar-refractivity contribution in [1.29, 1.82) is 0 Å². The predicted octanol–water partition coefficient (Wildman–Crippen LogP) is 3.28. The highest BCUT2D eigenvalue weighted by Crippen LogP contribution is 2.25. The van der Waals surface area contributed by atoms with E-state index in [1.54, 1.807) is 22.8 Å². The number of hydrogen-bond donors (Lipinski definition) is 1. The molecule has 0 aliphatic rings. The molecule has 2 aromatic carbocycles. The number of nitrogens with zero attached hydrogens (tertiary/aromatic N) is 2. The molecule has 0 aliphatic carbocycles. The zero-order chi connectivity index (χ0) is 21.3. The van der Waals surface area contributed by atoms with Crippen LogP contribution >= 0.6 is 22.9 Å². The van der Waals surface area contributed by atoms with E-state index in [-0.39, 0.29) is 15.6 Å². The highest BCUT2D eigenvalue weighted by Gasteiger charge is 2.22. The molecule has 29 heavy (non-hydrogen) atoms. The molecule has 1 N–H and O–H groups in total. The Balaban J connectivity index is 1.84. The molecule has 11 heteroatoms. The molecule has 0 spiro atoms. The van der Waals surface area contributed by atoms with Crippen LogP contribution in [0, 0.1) is 5.82 Å². The van der Waals surface area contributed by atoms with E-state index in [2.05, 4.69) is 5.32 Å². The first-order valence-electron chi connectivity index (χ1n) is 8.46. The lowest BCUT2D eigenvalue weighted by molar-refractivity contribution is -0.114. The fraction of sp³-hybridized carbons (Fsp3) is 0.222. The van der Waals surface area contributed by atoms with E-state index in [0.717, 1.165) is 39.5 Å². The summed E-state index contributed by atoms with van der Waals surface area (Å²) >= 11 is 6.80. The molecule has 0 unspecified atom stereocenters. The van der Waals surface area contributed by atoms with Crippen molar-refractivity contribution in [2.45, 2.75) is 13.5 Å². The Morgan fingerprint density at radius 3 is 2.62 bits per heavy atom. The number of sulfonamides is 1. The summed E-state index contributed by atoms with van der Waals surface area (Å²) in [5, 5.41) is 2.37. The van der Waals surface area contributed by atoms with E-state index in [9.17, 15) is 22.4 Å². The van der Waals surface area contributed by atoms with Crippen molar-refractivity contribution in [3.8, 4) is 0 Å². The van der Waals surface area contributed by atoms with Crippen molar-refractivity contribution in [3.63, 3.8) is 0 Å². The Bertz CT molecular complexity index is 1250. The Hall–Kier alpha value is -2.43. The number of carbonyl (C=O) groups excluding carboxylic acids is 1. The molecule has 0 radical (unpaired) electrons. The maximum atomic E-state index is 13.4. The van der Waals surface area contributed by atoms with Gasteiger partial charge >= 0.3 is 4.87 Å². The number of halogens is 2. The SMILES string of the molecule is CCn1c(=O)sc2cc(NC(=O)CN(c3ccc(F)c(Cl)c3)S(C)(=O)=O)ccc21. The minimum atomic E-state index is -3.83. The standard InChI is InChI=1S/C18H17ClFN3O4S2/c1-3-22-15-7-4-11(8-16(15)28-18(22)25)21-17(24)10-23(29(2,26)27)12-5-6-14(20)13(19)9-12/h4-9H,3,10H2,1-2H3,(H,21,24). The molecule has 0 fully saturated rings. The number of benzene rings is 2. The van der Waals surface area contributed by atoms with Gasteiger partial charge in [0.05, 0.1) is 27.2 Å². The third-order valence-corrected chi connectivity index (χ3v) is 6.52. The van der Waals surface area contributed by atoms with Crippen molar-refractivity contribution in [3.05, 3.63) is 56.9 Å². The molecule has 0 saturated carbocycles. The van der Waals surface area contributed by atoms with Crippen molar-refractivity contribution in [2.75, 3.05) is 22.4 Å². The maximum absolute atomic E-state index is 13.4. The molecule has 3 aromatic rings. The zero-order valence-corrected chi connectivity index (χ0v) is 17.9. The highest BCUT2D eigenvalue weighted by molar-refractivity contribution is 7.92. The number of hydrogen-bond acceptors (Lipinski definition) is 5. The van der Waals surface area contributed by atoms with Gasteiger partial charge in [-0.15, -0.1) is 0 Å². The van der Waals surface area contributed by atoms with Gasteiger partial charge in [0, 0.05) is 12.2 Å². The number of aryl methyl sites for hydroxylation is 1. The Morgan fingerprint density at radius 2 is 2.00 bits per heavy atom. The van der Waals surface area contributed by atoms with Gasteiger partial charge in [0.1, 0.15) is 12.4 Å². The molecule has 1 aromatic heterocycles. The van der Waals surface area contributed by atoms with Gasteiger partial charge in [-0.1, -0.05) is 22.9 Å². The fourth-order valence-electron chi connectivity index (χ4n) is 2.81. The second kappa shape index (κ2) is 8.13. The number of thiazole rings is 1. The van der Waals surface area contributed by atoms with Crippen molar-refractivity contribution >= 4 is 60.5 Å². The van der Waals surface area contributed by atoms with E-state index < -0.39 is 28.3 Å². The van der Waals surface area contributed by atoms with Crippen LogP contribution in [-0.2, 0) is 21.4 Å². The largest absolute Gasteiger partial charge is 0.324 e. The Labute approximate surface area is 175 Å². The minimum Gasteiger partial charge on any atom is -0.324 e. The summed E-state index contributed by atoms with van der Waals surface area (Å²) in [5.41, 5.74) is 1.26. The molecule has 1 amide bonds. The third kappa shape index (κ3) is 4.60. The fourth-order valence-corrected chi connectivity index (χ4v) is 4.83. The lowest BCUT2D eigenvalue weighted by Gasteiger charge is -2.22. The summed E-state index contributed by atoms with van der Waals surface area (Å²) in [5.74, 6) is -1.29. The van der Waals surface area contributed by atoms with Crippen LogP contribution in [0.3, 0.4) is 0 Å². The van der Waals surface area contributed by atoms with E-state index in [1.165, 1.54) is 6.07 Å². The van der Waals surface area contributed by atoms with Crippen LogP contribution in [0.15, 0.2) is 41.2 Å². The molecule has 154 valence electrons. The average molecular weight is 458 g/mol. The highest BCUT2D eigenvalue weighted by atomic mass is 35.5. The Morgan fingerprint density at radius 1 is 1.28 bits per heavy atom. The van der Waals surface area contributed by atoms with Crippen molar-refractivity contribution in [2.24, 2.45) is 0 Å². The van der Waals surface area contributed by atoms with Crippen molar-refractivity contribution in [1.82, 2.24) is 4.57 Å². The number of nitrogens with one attached hydrogen (secondary N) is 1. The summed E-state index contributed by atoms with van der Waals surface area (Å²) in [7, 11) is -3.83. The van der Waals surface area contributed by atoms with Gasteiger partial charge in [0.25, 0.3) is 0 Å². The van der Waals surface area contributed by atoms with Crippen molar-refractivity contribution < 1.29 is 17.6 Å². The second-order valence-electron chi connectivity index (χ2n) is 6.21. The molecule has 0 aliphatic heterocycles. The molecular formula is C18H17ClFN3O4S2. The monoisotopic (exact) mass is 457 g/mol. The van der Waals surface area contributed by atoms with Crippen LogP contribution in [0.5, 0.6) is 0 Å². The van der Waals surface area contributed by atoms with Crippen LogP contribution < -0.4 is 14.5 Å². The number of anilines is 2. The van der Waals surface area contributed by atoms with Gasteiger partial charge in [0.15, 0.2) is 0 Å². The number of fused-ring (bicyclic) bond motifs is 1. The van der Waals surface area contributed by atoms with Gasteiger partial charge in [-0.2, -0.15) is 0 Å². The van der Waals surface area contributed by atoms with Gasteiger partial charge in [-0.25, -0.2) is 12.8 Å². The number of rotatable bonds is 6. The summed E-state index contributed by atoms with van der Waals surface area (Å²) in [6.45, 7) is 1.88. The maximum Gasteiger partial charge on any atom is 0.308 e. The van der Waals surface area contributed by atoms with E-state index >= 15 is 0 Å². The van der Waals surface area contributed by atoms with E-state index in [4.69, 9.17) is 11.6 Å². The molecule has 3 rings (SSSR count). The molecule has 0 bridgehead atoms. The lowest BCUT2D eigenvalue weighted by atomic mass is 10.3. The summed E-state index contributed by atoms with van der Waals surface area (Å²) < 4.78 is 40.8. The van der Waals surface area contributed by atoms with Crippen LogP contribution in [0.25, 0.3) is 10.2 Å². The summed E-state index contributed by atoms with van der Waals surface area (Å²) in [6.07, 6.45) is 0.939. The average Bonchev–Trinajstić information content (AvgIpc) is 2.95. The number of aromatic nitrogens is 1. The topological polar surface area (TPSA) is 88.5 Å². The first kappa shape index (κ1) is 21.3. The first-order chi connectivity index (χ1) is 13.6. The predicted molar refractivity (Wildman–Crippen MR) is 114 cm³/mol. The zero-order valence-electron chi connectivity index (χ0n) is 15.5. The smallest absolute Gasteiger partial charge is 0.308 e. The van der Waals surface area contributed by atoms with Crippen LogP contribution in [0.4, 0.5) is 15.8 Å². The van der Waals surface area contributed by atoms with Crippen LogP contribution in [0.1, 0.15) is 6.92 Å². The quantitative estimate of drug-likeness (QED) is 0.615. The molecule has 0 atom stereocenters. The van der Waals surface area contributed by atoms with Gasteiger partial charge in [-0.05, 0) is 43.3 Å². The minimum absolute atomic E-state index is 0.0720. The van der Waals surface area contributed by atoms with Crippen LogP contribution in [-0.4, -0.2) is 31.7 Å².